The number of benzene rings is 3. The highest BCUT2D eigenvalue weighted by Crippen LogP contribution is 2.26. The molecule has 0 saturated carbocycles. The Kier molecular flexibility index (Phi) is 7.60. The van der Waals surface area contributed by atoms with E-state index in [1.807, 2.05) is 62.4 Å². The Bertz CT molecular complexity index is 1140. The van der Waals surface area contributed by atoms with Crippen LogP contribution in [0.25, 0.3) is 0 Å². The molecule has 6 nitrogen and oxygen atoms in total. The molecule has 3 aromatic rings. The molecule has 1 amide bonds. The summed E-state index contributed by atoms with van der Waals surface area (Å²) in [6.07, 6.45) is 0.178. The van der Waals surface area contributed by atoms with Gasteiger partial charge in [-0.3, -0.25) is 4.79 Å². The number of hydrogen-bond acceptors (Lipinski definition) is 5. The summed E-state index contributed by atoms with van der Waals surface area (Å²) in [6, 6.07) is 24.0. The van der Waals surface area contributed by atoms with Crippen LogP contribution in [-0.2, 0) is 9.53 Å². The summed E-state index contributed by atoms with van der Waals surface area (Å²) in [4.78, 5) is 27.0. The van der Waals surface area contributed by atoms with Crippen LogP contribution in [0.4, 0.5) is 17.1 Å². The molecular weight excluding hydrogens is 402 g/mol. The molecule has 0 atom stereocenters. The van der Waals surface area contributed by atoms with E-state index in [1.165, 1.54) is 4.90 Å². The Hall–Kier alpha value is -4.11. The maximum atomic E-state index is 12.8. The first-order valence-electron chi connectivity index (χ1n) is 10.3. The van der Waals surface area contributed by atoms with E-state index in [2.05, 4.69) is 5.32 Å². The first kappa shape index (κ1) is 22.6. The third-order valence-electron chi connectivity index (χ3n) is 5.16. The Morgan fingerprint density at radius 1 is 0.938 bits per heavy atom. The number of carbonyl (C=O) groups excluding carboxylic acids is 2. The number of hydrogen-bond donors (Lipinski definition) is 1. The molecule has 0 radical (unpaired) electrons. The van der Waals surface area contributed by atoms with Gasteiger partial charge in [-0.15, -0.1) is 0 Å². The molecule has 0 aromatic heterocycles. The van der Waals surface area contributed by atoms with Gasteiger partial charge in [-0.2, -0.15) is 5.26 Å². The molecule has 3 rings (SSSR count). The standard InChI is InChI=1S/C26H25N3O3/c1-19-10-8-15-23(20(19)2)28-24-14-7-6-13-22(24)26(31)32-18-25(30)29(17-9-16-27)21-11-4-3-5-12-21/h3-8,10-15,28H,9,17-18H2,1-2H3. The minimum atomic E-state index is -0.597. The van der Waals surface area contributed by atoms with E-state index in [4.69, 9.17) is 10.00 Å². The number of para-hydroxylation sites is 2. The van der Waals surface area contributed by atoms with Gasteiger partial charge in [0.1, 0.15) is 0 Å². The van der Waals surface area contributed by atoms with Crippen LogP contribution in [0.15, 0.2) is 72.8 Å². The Morgan fingerprint density at radius 3 is 2.38 bits per heavy atom. The van der Waals surface area contributed by atoms with Crippen LogP contribution in [0.5, 0.6) is 0 Å². The van der Waals surface area contributed by atoms with E-state index in [9.17, 15) is 9.59 Å². The van der Waals surface area contributed by atoms with Crippen molar-refractivity contribution >= 4 is 28.9 Å². The molecule has 0 fully saturated rings. The van der Waals surface area contributed by atoms with Gasteiger partial charge in [0.05, 0.1) is 23.7 Å². The van der Waals surface area contributed by atoms with Crippen LogP contribution >= 0.6 is 0 Å². The van der Waals surface area contributed by atoms with E-state index in [0.29, 0.717) is 16.9 Å². The molecule has 32 heavy (non-hydrogen) atoms. The van der Waals surface area contributed by atoms with Crippen molar-refractivity contribution in [1.29, 1.82) is 5.26 Å². The van der Waals surface area contributed by atoms with Gasteiger partial charge < -0.3 is 15.0 Å². The molecule has 3 aromatic carbocycles. The molecule has 0 unspecified atom stereocenters. The molecule has 0 aliphatic heterocycles. The fourth-order valence-electron chi connectivity index (χ4n) is 3.25. The SMILES string of the molecule is Cc1cccc(Nc2ccccc2C(=O)OCC(=O)N(CCC#N)c2ccccc2)c1C. The molecule has 0 aliphatic carbocycles. The van der Waals surface area contributed by atoms with Gasteiger partial charge in [0.25, 0.3) is 5.91 Å². The normalized spacial score (nSPS) is 10.2. The maximum Gasteiger partial charge on any atom is 0.340 e. The number of nitrogens with zero attached hydrogens (tertiary/aromatic N) is 2. The van der Waals surface area contributed by atoms with Crippen molar-refractivity contribution in [3.05, 3.63) is 89.5 Å². The third-order valence-corrected chi connectivity index (χ3v) is 5.16. The Morgan fingerprint density at radius 2 is 1.62 bits per heavy atom. The average molecular weight is 428 g/mol. The average Bonchev–Trinajstić information content (AvgIpc) is 2.82. The largest absolute Gasteiger partial charge is 0.452 e. The van der Waals surface area contributed by atoms with Gasteiger partial charge in [-0.05, 0) is 55.3 Å². The lowest BCUT2D eigenvalue weighted by Crippen LogP contribution is -2.35. The van der Waals surface area contributed by atoms with Crippen LogP contribution < -0.4 is 10.2 Å². The summed E-state index contributed by atoms with van der Waals surface area (Å²) in [5.41, 5.74) is 4.71. The smallest absolute Gasteiger partial charge is 0.340 e. The zero-order valence-corrected chi connectivity index (χ0v) is 18.2. The van der Waals surface area contributed by atoms with Crippen LogP contribution in [0.1, 0.15) is 27.9 Å². The number of esters is 1. The summed E-state index contributed by atoms with van der Waals surface area (Å²) >= 11 is 0. The highest BCUT2D eigenvalue weighted by molar-refractivity contribution is 6.00. The number of carbonyl (C=O) groups is 2. The highest BCUT2D eigenvalue weighted by Gasteiger charge is 2.19. The molecule has 0 spiro atoms. The number of ether oxygens (including phenoxy) is 1. The monoisotopic (exact) mass is 427 g/mol. The van der Waals surface area contributed by atoms with Crippen molar-refractivity contribution in [3.63, 3.8) is 0 Å². The Labute approximate surface area is 188 Å². The fourth-order valence-corrected chi connectivity index (χ4v) is 3.25. The molecule has 1 N–H and O–H groups in total. The number of rotatable bonds is 8. The predicted molar refractivity (Wildman–Crippen MR) is 125 cm³/mol. The van der Waals surface area contributed by atoms with Gasteiger partial charge >= 0.3 is 5.97 Å². The molecule has 0 bridgehead atoms. The number of nitriles is 1. The minimum absolute atomic E-state index is 0.178. The van der Waals surface area contributed by atoms with E-state index in [1.54, 1.807) is 30.3 Å². The first-order valence-corrected chi connectivity index (χ1v) is 10.3. The lowest BCUT2D eigenvalue weighted by Gasteiger charge is -2.21. The first-order chi connectivity index (χ1) is 15.5. The maximum absolute atomic E-state index is 12.8. The van der Waals surface area contributed by atoms with Crippen LogP contribution in [0.2, 0.25) is 0 Å². The highest BCUT2D eigenvalue weighted by atomic mass is 16.5. The van der Waals surface area contributed by atoms with E-state index in [-0.39, 0.29) is 18.9 Å². The zero-order valence-electron chi connectivity index (χ0n) is 18.2. The van der Waals surface area contributed by atoms with Crippen molar-refractivity contribution < 1.29 is 14.3 Å². The number of anilines is 3. The minimum Gasteiger partial charge on any atom is -0.452 e. The van der Waals surface area contributed by atoms with Gasteiger partial charge in [-0.25, -0.2) is 4.79 Å². The van der Waals surface area contributed by atoms with Crippen LogP contribution in [0, 0.1) is 25.2 Å². The second-order valence-corrected chi connectivity index (χ2v) is 7.28. The molecular formula is C26H25N3O3. The predicted octanol–water partition coefficient (Wildman–Crippen LogP) is 5.15. The van der Waals surface area contributed by atoms with Crippen molar-refractivity contribution in [2.24, 2.45) is 0 Å². The van der Waals surface area contributed by atoms with E-state index in [0.717, 1.165) is 16.8 Å². The molecule has 0 heterocycles. The summed E-state index contributed by atoms with van der Waals surface area (Å²) in [5.74, 6) is -0.986. The van der Waals surface area contributed by atoms with Crippen molar-refractivity contribution in [1.82, 2.24) is 0 Å². The van der Waals surface area contributed by atoms with Crippen molar-refractivity contribution in [2.75, 3.05) is 23.4 Å². The molecule has 0 aliphatic rings. The third kappa shape index (κ3) is 5.52. The van der Waals surface area contributed by atoms with E-state index < -0.39 is 12.6 Å². The lowest BCUT2D eigenvalue weighted by atomic mass is 10.1. The second-order valence-electron chi connectivity index (χ2n) is 7.28. The molecule has 6 heteroatoms. The van der Waals surface area contributed by atoms with Gasteiger partial charge in [0.15, 0.2) is 6.61 Å². The van der Waals surface area contributed by atoms with Gasteiger partial charge in [0, 0.05) is 17.9 Å². The molecule has 162 valence electrons. The van der Waals surface area contributed by atoms with Gasteiger partial charge in [0.2, 0.25) is 0 Å². The zero-order chi connectivity index (χ0) is 22.9. The number of amides is 1. The fraction of sp³-hybridized carbons (Fsp3) is 0.192. The summed E-state index contributed by atoms with van der Waals surface area (Å²) in [7, 11) is 0. The van der Waals surface area contributed by atoms with Crippen LogP contribution in [-0.4, -0.2) is 25.0 Å². The van der Waals surface area contributed by atoms with Crippen molar-refractivity contribution in [2.45, 2.75) is 20.3 Å². The quantitative estimate of drug-likeness (QED) is 0.503. The van der Waals surface area contributed by atoms with Crippen LogP contribution in [0.3, 0.4) is 0 Å². The topological polar surface area (TPSA) is 82.4 Å². The Balaban J connectivity index is 1.72. The summed E-state index contributed by atoms with van der Waals surface area (Å²) < 4.78 is 5.35. The number of aryl methyl sites for hydroxylation is 1. The second kappa shape index (κ2) is 10.8. The molecule has 0 saturated heterocycles. The summed E-state index contributed by atoms with van der Waals surface area (Å²) in [5, 5.41) is 12.2. The lowest BCUT2D eigenvalue weighted by molar-refractivity contribution is -0.121. The summed E-state index contributed by atoms with van der Waals surface area (Å²) in [6.45, 7) is 3.84. The van der Waals surface area contributed by atoms with Crippen molar-refractivity contribution in [3.8, 4) is 6.07 Å². The van der Waals surface area contributed by atoms with Gasteiger partial charge in [-0.1, -0.05) is 42.5 Å². The van der Waals surface area contributed by atoms with E-state index >= 15 is 0 Å². The number of nitrogens with one attached hydrogen (secondary N) is 1.